The van der Waals surface area contributed by atoms with Crippen LogP contribution in [0.25, 0.3) is 0 Å². The normalized spacial score (nSPS) is 14.8. The van der Waals surface area contributed by atoms with E-state index >= 15 is 0 Å². The molecule has 0 aliphatic rings. The van der Waals surface area contributed by atoms with Crippen molar-refractivity contribution in [1.29, 1.82) is 0 Å². The number of amides is 1. The van der Waals surface area contributed by atoms with Crippen molar-refractivity contribution in [2.75, 3.05) is 0 Å². The maximum Gasteiger partial charge on any atom is 0.235 e. The molecule has 0 rings (SSSR count). The van der Waals surface area contributed by atoms with Gasteiger partial charge in [0.2, 0.25) is 5.91 Å². The monoisotopic (exact) mass is 136 g/mol. The third-order valence-corrected chi connectivity index (χ3v) is 1.37. The van der Waals surface area contributed by atoms with Crippen LogP contribution < -0.4 is 5.73 Å². The van der Waals surface area contributed by atoms with Gasteiger partial charge in [-0.3, -0.25) is 4.79 Å². The van der Waals surface area contributed by atoms with Crippen LogP contribution >= 0.6 is 0 Å². The molecule has 0 aliphatic carbocycles. The number of carbonyl (C=O) groups is 1. The highest BCUT2D eigenvalue weighted by Gasteiger charge is 2.26. The van der Waals surface area contributed by atoms with Gasteiger partial charge in [-0.15, -0.1) is 6.58 Å². The van der Waals surface area contributed by atoms with Crippen molar-refractivity contribution in [3.8, 4) is 5.92 Å². The Morgan fingerprint density at radius 1 is 2.00 bits per heavy atom. The molecule has 0 aliphatic heterocycles. The molecular weight excluding hydrogens is 126 g/mol. The molecule has 2 N–H and O–H groups in total. The van der Waals surface area contributed by atoms with Crippen LogP contribution in [0.1, 0.15) is 13.3 Å². The minimum atomic E-state index is -0.970. The second kappa shape index (κ2) is 3.07. The Bertz CT molecular complexity index is 190. The van der Waals surface area contributed by atoms with Gasteiger partial charge >= 0.3 is 0 Å². The quantitative estimate of drug-likeness (QED) is 0.449. The van der Waals surface area contributed by atoms with E-state index in [0.717, 1.165) is 0 Å². The fraction of sp³-hybridized carbons (Fsp3) is 0.375. The average molecular weight is 136 g/mol. The molecule has 1 radical (unpaired) electrons. The third kappa shape index (κ3) is 1.63. The highest BCUT2D eigenvalue weighted by molar-refractivity contribution is 5.83. The average Bonchev–Trinajstić information content (AvgIpc) is 1.88. The summed E-state index contributed by atoms with van der Waals surface area (Å²) in [7, 11) is 0. The van der Waals surface area contributed by atoms with Gasteiger partial charge in [-0.05, 0) is 19.8 Å². The Balaban J connectivity index is 4.42. The standard InChI is InChI=1S/C8H10NO/c1-4-6-8(3,5-2)7(9)10/h4H,1,6H2,3H3,(H2,9,10). The fourth-order valence-electron chi connectivity index (χ4n) is 0.502. The molecule has 0 aromatic heterocycles. The molecule has 0 saturated heterocycles. The molecular formula is C8H10NO. The minimum Gasteiger partial charge on any atom is -0.368 e. The van der Waals surface area contributed by atoms with Crippen molar-refractivity contribution in [3.05, 3.63) is 19.1 Å². The molecule has 10 heavy (non-hydrogen) atoms. The SMILES string of the molecule is [C]#CC(C)(CC=C)C(N)=O. The van der Waals surface area contributed by atoms with Crippen molar-refractivity contribution in [3.63, 3.8) is 0 Å². The zero-order valence-electron chi connectivity index (χ0n) is 5.98. The first-order valence-corrected chi connectivity index (χ1v) is 2.91. The molecule has 1 unspecified atom stereocenters. The van der Waals surface area contributed by atoms with Crippen molar-refractivity contribution in [2.45, 2.75) is 13.3 Å². The van der Waals surface area contributed by atoms with Crippen molar-refractivity contribution in [2.24, 2.45) is 11.1 Å². The Labute approximate surface area is 61.1 Å². The maximum atomic E-state index is 10.6. The van der Waals surface area contributed by atoms with Gasteiger partial charge in [0.25, 0.3) is 0 Å². The van der Waals surface area contributed by atoms with E-state index in [-0.39, 0.29) is 0 Å². The molecule has 0 bridgehead atoms. The topological polar surface area (TPSA) is 43.1 Å². The van der Waals surface area contributed by atoms with Crippen LogP contribution in [0.3, 0.4) is 0 Å². The van der Waals surface area contributed by atoms with Crippen LogP contribution in [0.15, 0.2) is 12.7 Å². The van der Waals surface area contributed by atoms with Crippen LogP contribution in [0, 0.1) is 17.8 Å². The van der Waals surface area contributed by atoms with Crippen LogP contribution in [-0.2, 0) is 4.79 Å². The molecule has 1 amide bonds. The van der Waals surface area contributed by atoms with Gasteiger partial charge in [0.15, 0.2) is 0 Å². The van der Waals surface area contributed by atoms with E-state index in [1.165, 1.54) is 0 Å². The lowest BCUT2D eigenvalue weighted by Gasteiger charge is -2.15. The van der Waals surface area contributed by atoms with Crippen LogP contribution in [0.4, 0.5) is 0 Å². The molecule has 0 aromatic carbocycles. The zero-order chi connectivity index (χ0) is 8.20. The summed E-state index contributed by atoms with van der Waals surface area (Å²) in [6.07, 6.45) is 8.71. The lowest BCUT2D eigenvalue weighted by atomic mass is 9.87. The Morgan fingerprint density at radius 2 is 2.50 bits per heavy atom. The van der Waals surface area contributed by atoms with Gasteiger partial charge in [-0.25, -0.2) is 0 Å². The third-order valence-electron chi connectivity index (χ3n) is 1.37. The van der Waals surface area contributed by atoms with Crippen molar-refractivity contribution in [1.82, 2.24) is 0 Å². The zero-order valence-corrected chi connectivity index (χ0v) is 5.98. The van der Waals surface area contributed by atoms with Gasteiger partial charge in [0, 0.05) is 0 Å². The molecule has 53 valence electrons. The molecule has 0 spiro atoms. The molecule has 2 nitrogen and oxygen atoms in total. The van der Waals surface area contributed by atoms with Crippen LogP contribution in [0.5, 0.6) is 0 Å². The molecule has 1 atom stereocenters. The van der Waals surface area contributed by atoms with Gasteiger partial charge in [0.1, 0.15) is 5.41 Å². The number of hydrogen-bond acceptors (Lipinski definition) is 1. The molecule has 0 heterocycles. The Morgan fingerprint density at radius 3 is 2.60 bits per heavy atom. The first-order valence-electron chi connectivity index (χ1n) is 2.91. The van der Waals surface area contributed by atoms with Gasteiger partial charge in [-0.2, -0.15) is 0 Å². The summed E-state index contributed by atoms with van der Waals surface area (Å²) in [6, 6.07) is 0. The molecule has 0 aromatic rings. The van der Waals surface area contributed by atoms with E-state index in [0.29, 0.717) is 6.42 Å². The van der Waals surface area contributed by atoms with Gasteiger partial charge in [-0.1, -0.05) is 12.0 Å². The number of primary amides is 1. The minimum absolute atomic E-state index is 0.367. The van der Waals surface area contributed by atoms with E-state index in [9.17, 15) is 4.79 Å². The lowest BCUT2D eigenvalue weighted by Crippen LogP contribution is -2.32. The number of hydrogen-bond donors (Lipinski definition) is 1. The largest absolute Gasteiger partial charge is 0.368 e. The summed E-state index contributed by atoms with van der Waals surface area (Å²) < 4.78 is 0. The number of rotatable bonds is 3. The van der Waals surface area contributed by atoms with E-state index in [1.54, 1.807) is 13.0 Å². The molecule has 0 saturated carbocycles. The van der Waals surface area contributed by atoms with Crippen molar-refractivity contribution < 1.29 is 4.79 Å². The van der Waals surface area contributed by atoms with E-state index in [4.69, 9.17) is 12.2 Å². The van der Waals surface area contributed by atoms with Gasteiger partial charge in [0.05, 0.1) is 0 Å². The summed E-state index contributed by atoms with van der Waals surface area (Å²) in [5.74, 6) is 1.54. The first-order chi connectivity index (χ1) is 4.56. The number of carbonyl (C=O) groups excluding carboxylic acids is 1. The highest BCUT2D eigenvalue weighted by Crippen LogP contribution is 2.18. The summed E-state index contributed by atoms with van der Waals surface area (Å²) in [5.41, 5.74) is 4.03. The summed E-state index contributed by atoms with van der Waals surface area (Å²) in [5, 5.41) is 0. The summed E-state index contributed by atoms with van der Waals surface area (Å²) in [4.78, 5) is 10.6. The van der Waals surface area contributed by atoms with E-state index in [2.05, 4.69) is 12.5 Å². The smallest absolute Gasteiger partial charge is 0.235 e. The van der Waals surface area contributed by atoms with Crippen LogP contribution in [-0.4, -0.2) is 5.91 Å². The maximum absolute atomic E-state index is 10.6. The Kier molecular flexibility index (Phi) is 2.69. The fourth-order valence-corrected chi connectivity index (χ4v) is 0.502. The molecule has 0 fully saturated rings. The molecule has 2 heteroatoms. The highest BCUT2D eigenvalue weighted by atomic mass is 16.1. The second-order valence-electron chi connectivity index (χ2n) is 2.31. The number of allylic oxidation sites excluding steroid dienone is 1. The van der Waals surface area contributed by atoms with Gasteiger partial charge < -0.3 is 5.73 Å². The summed E-state index contributed by atoms with van der Waals surface area (Å²) in [6.45, 7) is 5.00. The van der Waals surface area contributed by atoms with E-state index < -0.39 is 11.3 Å². The summed E-state index contributed by atoms with van der Waals surface area (Å²) >= 11 is 0. The number of nitrogens with two attached hydrogens (primary N) is 1. The first kappa shape index (κ1) is 8.77. The van der Waals surface area contributed by atoms with E-state index in [1.807, 2.05) is 0 Å². The van der Waals surface area contributed by atoms with Crippen LogP contribution in [0.2, 0.25) is 0 Å². The lowest BCUT2D eigenvalue weighted by molar-refractivity contribution is -0.124. The Hall–Kier alpha value is -1.23. The predicted molar refractivity (Wildman–Crippen MR) is 39.2 cm³/mol. The predicted octanol–water partition coefficient (Wildman–Crippen LogP) is 0.644. The second-order valence-corrected chi connectivity index (χ2v) is 2.31. The van der Waals surface area contributed by atoms with Crippen molar-refractivity contribution >= 4 is 5.91 Å².